The maximum atomic E-state index is 13.4. The monoisotopic (exact) mass is 394 g/mol. The normalized spacial score (nSPS) is 11.2. The smallest absolute Gasteiger partial charge is 0.223 e. The van der Waals surface area contributed by atoms with Crippen LogP contribution in [0, 0.1) is 5.82 Å². The number of benzene rings is 1. The molecule has 0 radical (unpaired) electrons. The number of hydrogen-bond donors (Lipinski definition) is 2. The molecule has 0 saturated heterocycles. The van der Waals surface area contributed by atoms with E-state index < -0.39 is 5.91 Å². The summed E-state index contributed by atoms with van der Waals surface area (Å²) in [5.41, 5.74) is 9.22. The lowest BCUT2D eigenvalue weighted by Crippen LogP contribution is -2.15. The number of nitrogens with two attached hydrogens (primary N) is 1. The zero-order valence-corrected chi connectivity index (χ0v) is 15.5. The molecule has 1 aromatic carbocycles. The highest BCUT2D eigenvalue weighted by atomic mass is 19.1. The van der Waals surface area contributed by atoms with Gasteiger partial charge in [-0.3, -0.25) is 4.79 Å². The van der Waals surface area contributed by atoms with E-state index in [0.29, 0.717) is 35.7 Å². The summed E-state index contributed by atoms with van der Waals surface area (Å²) in [6.07, 6.45) is 3.81. The first-order chi connectivity index (χ1) is 14.1. The molecule has 9 heteroatoms. The molecule has 0 spiro atoms. The SMILES string of the molecule is NC(=O)Cc1cnc2ccc(-c3c(-c4ccc(F)cc4)ncn3CCCO)nn12. The number of aliphatic hydroxyl groups is 1. The number of hydrogen-bond acceptors (Lipinski definition) is 5. The second-order valence-corrected chi connectivity index (χ2v) is 6.60. The summed E-state index contributed by atoms with van der Waals surface area (Å²) < 4.78 is 16.8. The lowest BCUT2D eigenvalue weighted by molar-refractivity contribution is -0.117. The Morgan fingerprint density at radius 3 is 2.66 bits per heavy atom. The number of imidazole rings is 2. The van der Waals surface area contributed by atoms with E-state index in [1.165, 1.54) is 12.1 Å². The van der Waals surface area contributed by atoms with Crippen LogP contribution in [0.5, 0.6) is 0 Å². The molecule has 0 aliphatic rings. The molecule has 0 saturated carbocycles. The number of amides is 1. The standard InChI is InChI=1S/C20H19FN6O2/c21-14-4-2-13(3-5-14)19-20(26(12-24-19)8-1-9-28)16-6-7-18-23-11-15(10-17(22)29)27(18)25-16/h2-7,11-12,28H,1,8-10H2,(H2,22,29). The maximum absolute atomic E-state index is 13.4. The van der Waals surface area contributed by atoms with Gasteiger partial charge in [-0.25, -0.2) is 18.9 Å². The van der Waals surface area contributed by atoms with Gasteiger partial charge in [0.2, 0.25) is 5.91 Å². The second-order valence-electron chi connectivity index (χ2n) is 6.60. The Bertz CT molecular complexity index is 1170. The molecule has 3 N–H and O–H groups in total. The minimum absolute atomic E-state index is 0.0201. The molecular weight excluding hydrogens is 375 g/mol. The maximum Gasteiger partial charge on any atom is 0.223 e. The van der Waals surface area contributed by atoms with E-state index in [0.717, 1.165) is 11.3 Å². The number of halogens is 1. The lowest BCUT2D eigenvalue weighted by atomic mass is 10.1. The quantitative estimate of drug-likeness (QED) is 0.497. The van der Waals surface area contributed by atoms with Crippen LogP contribution in [0.25, 0.3) is 28.3 Å². The molecule has 29 heavy (non-hydrogen) atoms. The summed E-state index contributed by atoms with van der Waals surface area (Å²) in [6.45, 7) is 0.581. The minimum Gasteiger partial charge on any atom is -0.396 e. The van der Waals surface area contributed by atoms with Crippen LogP contribution in [-0.2, 0) is 17.8 Å². The van der Waals surface area contributed by atoms with Crippen molar-refractivity contribution in [1.82, 2.24) is 24.1 Å². The van der Waals surface area contributed by atoms with Crippen molar-refractivity contribution < 1.29 is 14.3 Å². The fourth-order valence-electron chi connectivity index (χ4n) is 3.23. The Morgan fingerprint density at radius 2 is 1.93 bits per heavy atom. The van der Waals surface area contributed by atoms with Gasteiger partial charge in [-0.1, -0.05) is 0 Å². The summed E-state index contributed by atoms with van der Waals surface area (Å²) in [7, 11) is 0. The largest absolute Gasteiger partial charge is 0.396 e. The van der Waals surface area contributed by atoms with Crippen molar-refractivity contribution in [3.05, 3.63) is 60.4 Å². The predicted octanol–water partition coefficient (Wildman–Crippen LogP) is 1.81. The second kappa shape index (κ2) is 7.80. The molecule has 0 unspecified atom stereocenters. The molecule has 1 amide bonds. The molecule has 3 heterocycles. The first-order valence-corrected chi connectivity index (χ1v) is 9.11. The van der Waals surface area contributed by atoms with Crippen molar-refractivity contribution in [2.24, 2.45) is 5.73 Å². The Hall–Kier alpha value is -3.59. The van der Waals surface area contributed by atoms with E-state index in [-0.39, 0.29) is 18.8 Å². The van der Waals surface area contributed by atoms with Gasteiger partial charge in [0.1, 0.15) is 11.5 Å². The zero-order valence-electron chi connectivity index (χ0n) is 15.5. The summed E-state index contributed by atoms with van der Waals surface area (Å²) in [6, 6.07) is 9.69. The highest BCUT2D eigenvalue weighted by Crippen LogP contribution is 2.30. The molecule has 4 rings (SSSR count). The fraction of sp³-hybridized carbons (Fsp3) is 0.200. The van der Waals surface area contributed by atoms with Gasteiger partial charge in [0.15, 0.2) is 5.65 Å². The number of carbonyl (C=O) groups excluding carboxylic acids is 1. The summed E-state index contributed by atoms with van der Waals surface area (Å²) in [4.78, 5) is 20.1. The number of rotatable bonds is 7. The first kappa shape index (κ1) is 18.8. The summed E-state index contributed by atoms with van der Waals surface area (Å²) >= 11 is 0. The number of aryl methyl sites for hydroxylation is 1. The van der Waals surface area contributed by atoms with Crippen LogP contribution >= 0.6 is 0 Å². The van der Waals surface area contributed by atoms with Gasteiger partial charge in [-0.15, -0.1) is 0 Å². The fourth-order valence-corrected chi connectivity index (χ4v) is 3.23. The topological polar surface area (TPSA) is 111 Å². The van der Waals surface area contributed by atoms with Crippen molar-refractivity contribution in [3.63, 3.8) is 0 Å². The summed E-state index contributed by atoms with van der Waals surface area (Å²) in [5.74, 6) is -0.803. The number of carbonyl (C=O) groups is 1. The van der Waals surface area contributed by atoms with Gasteiger partial charge in [0.25, 0.3) is 0 Å². The van der Waals surface area contributed by atoms with Gasteiger partial charge < -0.3 is 15.4 Å². The molecule has 0 bridgehead atoms. The van der Waals surface area contributed by atoms with E-state index in [2.05, 4.69) is 15.1 Å². The Kier molecular flexibility index (Phi) is 5.05. The highest BCUT2D eigenvalue weighted by Gasteiger charge is 2.18. The molecule has 3 aromatic heterocycles. The molecule has 148 valence electrons. The van der Waals surface area contributed by atoms with Crippen molar-refractivity contribution in [3.8, 4) is 22.6 Å². The van der Waals surface area contributed by atoms with E-state index in [1.807, 2.05) is 10.6 Å². The third-order valence-corrected chi connectivity index (χ3v) is 4.54. The number of nitrogens with zero attached hydrogens (tertiary/aromatic N) is 5. The van der Waals surface area contributed by atoms with Gasteiger partial charge in [0.05, 0.1) is 36.0 Å². The third kappa shape index (κ3) is 3.72. The van der Waals surface area contributed by atoms with Gasteiger partial charge in [0, 0.05) is 18.7 Å². The minimum atomic E-state index is -0.473. The summed E-state index contributed by atoms with van der Waals surface area (Å²) in [5, 5.41) is 13.9. The highest BCUT2D eigenvalue weighted by molar-refractivity contribution is 5.78. The van der Waals surface area contributed by atoms with Crippen molar-refractivity contribution in [2.45, 2.75) is 19.4 Å². The number of aromatic nitrogens is 5. The van der Waals surface area contributed by atoms with Gasteiger partial charge >= 0.3 is 0 Å². The van der Waals surface area contributed by atoms with Gasteiger partial charge in [-0.05, 0) is 42.8 Å². The molecule has 0 atom stereocenters. The Balaban J connectivity index is 1.86. The van der Waals surface area contributed by atoms with Gasteiger partial charge in [-0.2, -0.15) is 5.10 Å². The zero-order chi connectivity index (χ0) is 20.4. The van der Waals surface area contributed by atoms with Crippen molar-refractivity contribution >= 4 is 11.6 Å². The molecule has 0 aliphatic carbocycles. The molecule has 4 aromatic rings. The molecule has 0 fully saturated rings. The van der Waals surface area contributed by atoms with Crippen LogP contribution in [0.2, 0.25) is 0 Å². The number of fused-ring (bicyclic) bond motifs is 1. The third-order valence-electron chi connectivity index (χ3n) is 4.54. The van der Waals surface area contributed by atoms with E-state index in [9.17, 15) is 14.3 Å². The first-order valence-electron chi connectivity index (χ1n) is 9.11. The molecule has 0 aliphatic heterocycles. The average Bonchev–Trinajstić information content (AvgIpc) is 3.30. The van der Waals surface area contributed by atoms with Crippen LogP contribution in [0.1, 0.15) is 12.1 Å². The Morgan fingerprint density at radius 1 is 1.14 bits per heavy atom. The van der Waals surface area contributed by atoms with E-state index >= 15 is 0 Å². The molecule has 8 nitrogen and oxygen atoms in total. The van der Waals surface area contributed by atoms with Crippen LogP contribution < -0.4 is 5.73 Å². The van der Waals surface area contributed by atoms with Crippen LogP contribution in [0.3, 0.4) is 0 Å². The number of aliphatic hydroxyl groups excluding tert-OH is 1. The molecular formula is C20H19FN6O2. The van der Waals surface area contributed by atoms with Crippen LogP contribution in [0.4, 0.5) is 4.39 Å². The number of primary amides is 1. The lowest BCUT2D eigenvalue weighted by Gasteiger charge is -2.10. The average molecular weight is 394 g/mol. The van der Waals surface area contributed by atoms with Crippen LogP contribution in [-0.4, -0.2) is 41.8 Å². The van der Waals surface area contributed by atoms with Crippen molar-refractivity contribution in [1.29, 1.82) is 0 Å². The predicted molar refractivity (Wildman–Crippen MR) is 104 cm³/mol. The van der Waals surface area contributed by atoms with Crippen molar-refractivity contribution in [2.75, 3.05) is 6.61 Å². The van der Waals surface area contributed by atoms with Crippen LogP contribution in [0.15, 0.2) is 48.9 Å². The van der Waals surface area contributed by atoms with E-state index in [4.69, 9.17) is 5.73 Å². The Labute approximate surface area is 165 Å². The van der Waals surface area contributed by atoms with E-state index in [1.54, 1.807) is 35.2 Å².